The molecule has 0 aliphatic carbocycles. The van der Waals surface area contributed by atoms with E-state index in [4.69, 9.17) is 14.2 Å². The van der Waals surface area contributed by atoms with E-state index in [1.807, 2.05) is 31.2 Å². The van der Waals surface area contributed by atoms with Gasteiger partial charge in [-0.2, -0.15) is 4.98 Å². The molecule has 6 N–H and O–H groups in total. The van der Waals surface area contributed by atoms with Gasteiger partial charge in [0.25, 0.3) is 11.8 Å². The maximum absolute atomic E-state index is 13.0. The van der Waals surface area contributed by atoms with Crippen molar-refractivity contribution < 1.29 is 46.6 Å². The maximum Gasteiger partial charge on any atom is 0.262 e. The third-order valence-corrected chi connectivity index (χ3v) is 13.1. The third kappa shape index (κ3) is 14.0. The predicted octanol–water partition coefficient (Wildman–Crippen LogP) is 3.15. The molecule has 2 fully saturated rings. The molecule has 0 saturated carbocycles. The zero-order valence-corrected chi connectivity index (χ0v) is 40.7. The predicted molar refractivity (Wildman–Crippen MR) is 262 cm³/mol. The zero-order chi connectivity index (χ0) is 49.8. The first-order valence-corrected chi connectivity index (χ1v) is 24.7. The first-order valence-electron chi connectivity index (χ1n) is 23.2. The Morgan fingerprint density at radius 3 is 2.16 bits per heavy atom. The van der Waals surface area contributed by atoms with E-state index in [0.29, 0.717) is 82.4 Å². The molecule has 7 rings (SSSR count). The standard InChI is InChI=1S/C48H61N11O10S/c1-32-30-51-47(55-43(32)52-35-6-5-7-37(28-35)70(65,66)56-48(2,3)4)53-33-8-11-36(12-9-33)58-20-18-57(19-21-58)31-42(61)50-17-23-68-25-27-69-26-24-67-22-16-49-34-10-13-38-39(29-34)46(64)59(45(38)63)40-14-15-41(60)54-44(40)62/h5-13,28-30,40,49,56H,14-27,31H2,1-4H3,(H,50,61)(H,54,60,62)(H2,51,52,53,55). The summed E-state index contributed by atoms with van der Waals surface area (Å²) in [5, 5.41) is 14.8. The van der Waals surface area contributed by atoms with Crippen molar-refractivity contribution in [2.24, 2.45) is 0 Å². The van der Waals surface area contributed by atoms with Crippen LogP contribution in [0.2, 0.25) is 0 Å². The first kappa shape index (κ1) is 51.3. The summed E-state index contributed by atoms with van der Waals surface area (Å²) in [6.45, 7) is 13.6. The van der Waals surface area contributed by atoms with Gasteiger partial charge in [0.2, 0.25) is 33.7 Å². The van der Waals surface area contributed by atoms with Crippen molar-refractivity contribution in [2.45, 2.75) is 57.0 Å². The molecule has 21 nitrogen and oxygen atoms in total. The Labute approximate surface area is 407 Å². The molecule has 0 bridgehead atoms. The number of piperazine rings is 1. The average molecular weight is 984 g/mol. The number of hydrogen-bond donors (Lipinski definition) is 6. The number of hydrogen-bond acceptors (Lipinski definition) is 17. The zero-order valence-electron chi connectivity index (χ0n) is 39.8. The second-order valence-electron chi connectivity index (χ2n) is 18.0. The summed E-state index contributed by atoms with van der Waals surface area (Å²) >= 11 is 0. The number of rotatable bonds is 23. The van der Waals surface area contributed by atoms with Crippen LogP contribution in [0.1, 0.15) is 59.9 Å². The Morgan fingerprint density at radius 1 is 0.786 bits per heavy atom. The Bertz CT molecular complexity index is 2640. The number of benzene rings is 3. The summed E-state index contributed by atoms with van der Waals surface area (Å²) in [7, 11) is -3.71. The lowest BCUT2D eigenvalue weighted by Gasteiger charge is -2.35. The van der Waals surface area contributed by atoms with Crippen molar-refractivity contribution in [3.05, 3.63) is 89.6 Å². The van der Waals surface area contributed by atoms with Gasteiger partial charge in [0.15, 0.2) is 0 Å². The fourth-order valence-electron chi connectivity index (χ4n) is 7.93. The molecule has 22 heteroatoms. The molecular formula is C48H61N11O10S. The Hall–Kier alpha value is -6.56. The van der Waals surface area contributed by atoms with Crippen LogP contribution in [0, 0.1) is 6.92 Å². The molecule has 3 aliphatic heterocycles. The van der Waals surface area contributed by atoms with Gasteiger partial charge in [0, 0.05) is 85.7 Å². The third-order valence-electron chi connectivity index (χ3n) is 11.4. The van der Waals surface area contributed by atoms with Gasteiger partial charge in [-0.3, -0.25) is 39.1 Å². The van der Waals surface area contributed by atoms with Gasteiger partial charge in [-0.15, -0.1) is 0 Å². The number of piperidine rings is 1. The van der Waals surface area contributed by atoms with E-state index in [2.05, 4.69) is 51.1 Å². The van der Waals surface area contributed by atoms with Crippen LogP contribution < -0.4 is 36.2 Å². The van der Waals surface area contributed by atoms with Crippen LogP contribution in [0.5, 0.6) is 0 Å². The minimum Gasteiger partial charge on any atom is -0.383 e. The van der Waals surface area contributed by atoms with Crippen molar-refractivity contribution in [1.29, 1.82) is 0 Å². The summed E-state index contributed by atoms with van der Waals surface area (Å²) < 4.78 is 45.3. The van der Waals surface area contributed by atoms with Gasteiger partial charge in [-0.05, 0) is 94.8 Å². The average Bonchev–Trinajstić information content (AvgIpc) is 3.56. The molecular weight excluding hydrogens is 923 g/mol. The fraction of sp³-hybridized carbons (Fsp3) is 0.438. The molecule has 5 amide bonds. The number of carbonyl (C=O) groups is 5. The Balaban J connectivity index is 0.709. The van der Waals surface area contributed by atoms with Gasteiger partial charge < -0.3 is 40.4 Å². The Kier molecular flexibility index (Phi) is 17.1. The van der Waals surface area contributed by atoms with Gasteiger partial charge in [0.1, 0.15) is 11.9 Å². The van der Waals surface area contributed by atoms with Crippen molar-refractivity contribution in [1.82, 2.24) is 35.1 Å². The van der Waals surface area contributed by atoms with Crippen molar-refractivity contribution in [3.8, 4) is 0 Å². The SMILES string of the molecule is Cc1cnc(Nc2ccc(N3CCN(CC(=O)NCCOCCOCCOCCNc4ccc5c(c4)C(=O)N(C4CCC(=O)NC4=O)C5=O)CC3)cc2)nc1Nc1cccc(S(=O)(=O)NC(C)(C)C)c1. The number of imide groups is 2. The quantitative estimate of drug-likeness (QED) is 0.0461. The smallest absolute Gasteiger partial charge is 0.262 e. The molecule has 1 atom stereocenters. The van der Waals surface area contributed by atoms with Crippen LogP contribution in [0.25, 0.3) is 0 Å². The number of aryl methyl sites for hydroxylation is 1. The number of amides is 5. The lowest BCUT2D eigenvalue weighted by atomic mass is 10.0. The molecule has 0 radical (unpaired) electrons. The van der Waals surface area contributed by atoms with E-state index in [1.165, 1.54) is 0 Å². The number of anilines is 6. The van der Waals surface area contributed by atoms with Crippen molar-refractivity contribution in [2.75, 3.05) is 106 Å². The molecule has 374 valence electrons. The van der Waals surface area contributed by atoms with E-state index in [1.54, 1.807) is 69.4 Å². The molecule has 3 aliphatic rings. The summed E-state index contributed by atoms with van der Waals surface area (Å²) in [6.07, 6.45) is 1.86. The molecule has 4 heterocycles. The van der Waals surface area contributed by atoms with Crippen LogP contribution >= 0.6 is 0 Å². The topological polar surface area (TPSA) is 255 Å². The van der Waals surface area contributed by atoms with Crippen molar-refractivity contribution in [3.63, 3.8) is 0 Å². The highest BCUT2D eigenvalue weighted by molar-refractivity contribution is 7.89. The van der Waals surface area contributed by atoms with Crippen LogP contribution in [0.4, 0.5) is 34.5 Å². The van der Waals surface area contributed by atoms with E-state index in [9.17, 15) is 32.4 Å². The highest BCUT2D eigenvalue weighted by Gasteiger charge is 2.44. The lowest BCUT2D eigenvalue weighted by molar-refractivity contribution is -0.136. The van der Waals surface area contributed by atoms with Crippen LogP contribution in [-0.2, 0) is 38.6 Å². The number of nitrogens with one attached hydrogen (secondary N) is 6. The molecule has 1 aromatic heterocycles. The summed E-state index contributed by atoms with van der Waals surface area (Å²) in [5.74, 6) is -1.31. The maximum atomic E-state index is 13.0. The van der Waals surface area contributed by atoms with Crippen LogP contribution in [-0.4, -0.2) is 155 Å². The van der Waals surface area contributed by atoms with Gasteiger partial charge >= 0.3 is 0 Å². The summed E-state index contributed by atoms with van der Waals surface area (Å²) in [5.41, 5.74) is 3.67. The highest BCUT2D eigenvalue weighted by atomic mass is 32.2. The van der Waals surface area contributed by atoms with Gasteiger partial charge in [0.05, 0.1) is 62.2 Å². The number of carbonyl (C=O) groups excluding carboxylic acids is 5. The first-order chi connectivity index (χ1) is 33.5. The molecule has 1 unspecified atom stereocenters. The minimum atomic E-state index is -3.71. The van der Waals surface area contributed by atoms with E-state index < -0.39 is 45.2 Å². The van der Waals surface area contributed by atoms with E-state index in [-0.39, 0.29) is 34.8 Å². The van der Waals surface area contributed by atoms with Gasteiger partial charge in [-0.1, -0.05) is 6.07 Å². The van der Waals surface area contributed by atoms with E-state index in [0.717, 1.165) is 48.0 Å². The second-order valence-corrected chi connectivity index (χ2v) is 19.7. The summed E-state index contributed by atoms with van der Waals surface area (Å²) in [6, 6.07) is 18.4. The molecule has 2 saturated heterocycles. The van der Waals surface area contributed by atoms with Crippen LogP contribution in [0.15, 0.2) is 77.8 Å². The normalized spacial score (nSPS) is 16.5. The monoisotopic (exact) mass is 983 g/mol. The number of ether oxygens (including phenoxy) is 3. The van der Waals surface area contributed by atoms with Crippen LogP contribution in [0.3, 0.4) is 0 Å². The largest absolute Gasteiger partial charge is 0.383 e. The fourth-order valence-corrected chi connectivity index (χ4v) is 9.39. The number of nitrogens with zero attached hydrogens (tertiary/aromatic N) is 5. The number of aromatic nitrogens is 2. The summed E-state index contributed by atoms with van der Waals surface area (Å²) in [4.78, 5) is 76.9. The number of fused-ring (bicyclic) bond motifs is 1. The molecule has 70 heavy (non-hydrogen) atoms. The molecule has 0 spiro atoms. The molecule has 4 aromatic rings. The highest BCUT2D eigenvalue weighted by Crippen LogP contribution is 2.30. The van der Waals surface area contributed by atoms with Gasteiger partial charge in [-0.25, -0.2) is 18.1 Å². The van der Waals surface area contributed by atoms with Crippen molar-refractivity contribution >= 4 is 74.1 Å². The second kappa shape index (κ2) is 23.4. The number of sulfonamides is 1. The Morgan fingerprint density at radius 2 is 1.46 bits per heavy atom. The lowest BCUT2D eigenvalue weighted by Crippen LogP contribution is -2.54. The van der Waals surface area contributed by atoms with E-state index >= 15 is 0 Å². The minimum absolute atomic E-state index is 0.0573. The molecule has 3 aromatic carbocycles.